The third-order valence-electron chi connectivity index (χ3n) is 2.90. The number of nitrogens with two attached hydrogens (primary N) is 1. The number of carbonyl (C=O) groups is 1. The SMILES string of the molecule is NC(=O)c1cc([N+](=O)[O-])ccc1N1CCCC1. The molecule has 0 aliphatic carbocycles. The Bertz CT molecular complexity index is 467. The monoisotopic (exact) mass is 235 g/mol. The van der Waals surface area contributed by atoms with E-state index in [0.717, 1.165) is 25.9 Å². The fourth-order valence-corrected chi connectivity index (χ4v) is 2.07. The molecule has 17 heavy (non-hydrogen) atoms. The number of nitro groups is 1. The summed E-state index contributed by atoms with van der Waals surface area (Å²) >= 11 is 0. The molecule has 1 aliphatic rings. The smallest absolute Gasteiger partial charge is 0.270 e. The predicted molar refractivity (Wildman–Crippen MR) is 63.1 cm³/mol. The number of nitro benzene ring substituents is 1. The number of hydrogen-bond donors (Lipinski definition) is 1. The molecule has 6 nitrogen and oxygen atoms in total. The summed E-state index contributed by atoms with van der Waals surface area (Å²) in [5.74, 6) is -0.629. The fourth-order valence-electron chi connectivity index (χ4n) is 2.07. The van der Waals surface area contributed by atoms with Crippen molar-refractivity contribution in [3.63, 3.8) is 0 Å². The van der Waals surface area contributed by atoms with Gasteiger partial charge in [0.05, 0.1) is 16.2 Å². The van der Waals surface area contributed by atoms with Gasteiger partial charge in [0.2, 0.25) is 0 Å². The summed E-state index contributed by atoms with van der Waals surface area (Å²) in [5.41, 5.74) is 6.07. The molecule has 0 spiro atoms. The maximum Gasteiger partial charge on any atom is 0.270 e. The number of benzene rings is 1. The third kappa shape index (κ3) is 2.20. The zero-order valence-corrected chi connectivity index (χ0v) is 9.26. The van der Waals surface area contributed by atoms with Gasteiger partial charge >= 0.3 is 0 Å². The van der Waals surface area contributed by atoms with E-state index in [1.54, 1.807) is 6.07 Å². The number of nitrogens with zero attached hydrogens (tertiary/aromatic N) is 2. The van der Waals surface area contributed by atoms with E-state index >= 15 is 0 Å². The van der Waals surface area contributed by atoms with Crippen LogP contribution in [0.1, 0.15) is 23.2 Å². The first-order valence-electron chi connectivity index (χ1n) is 5.43. The lowest BCUT2D eigenvalue weighted by atomic mass is 10.1. The third-order valence-corrected chi connectivity index (χ3v) is 2.90. The van der Waals surface area contributed by atoms with E-state index in [-0.39, 0.29) is 11.3 Å². The van der Waals surface area contributed by atoms with E-state index in [4.69, 9.17) is 5.73 Å². The quantitative estimate of drug-likeness (QED) is 0.631. The molecule has 0 unspecified atom stereocenters. The number of carbonyl (C=O) groups excluding carboxylic acids is 1. The molecule has 1 aromatic rings. The molecule has 1 aromatic carbocycles. The van der Waals surface area contributed by atoms with Gasteiger partial charge in [-0.25, -0.2) is 0 Å². The molecule has 2 N–H and O–H groups in total. The molecule has 90 valence electrons. The van der Waals surface area contributed by atoms with Crippen molar-refractivity contribution in [2.24, 2.45) is 5.73 Å². The molecule has 0 atom stereocenters. The minimum Gasteiger partial charge on any atom is -0.371 e. The maximum atomic E-state index is 11.3. The van der Waals surface area contributed by atoms with Crippen molar-refractivity contribution in [1.82, 2.24) is 0 Å². The van der Waals surface area contributed by atoms with Crippen molar-refractivity contribution in [2.45, 2.75) is 12.8 Å². The van der Waals surface area contributed by atoms with Gasteiger partial charge in [-0.15, -0.1) is 0 Å². The Balaban J connectivity index is 2.44. The number of primary amides is 1. The Morgan fingerprint density at radius 2 is 2.00 bits per heavy atom. The number of non-ortho nitro benzene ring substituents is 1. The summed E-state index contributed by atoms with van der Waals surface area (Å²) in [7, 11) is 0. The highest BCUT2D eigenvalue weighted by Crippen LogP contribution is 2.27. The molecule has 1 saturated heterocycles. The van der Waals surface area contributed by atoms with Gasteiger partial charge in [-0.05, 0) is 18.9 Å². The molecule has 0 bridgehead atoms. The van der Waals surface area contributed by atoms with Crippen LogP contribution in [0.15, 0.2) is 18.2 Å². The average Bonchev–Trinajstić information content (AvgIpc) is 2.81. The standard InChI is InChI=1S/C11H13N3O3/c12-11(15)9-7-8(14(16)17)3-4-10(9)13-5-1-2-6-13/h3-4,7H,1-2,5-6H2,(H2,12,15). The topological polar surface area (TPSA) is 89.5 Å². The molecular weight excluding hydrogens is 222 g/mol. The Kier molecular flexibility index (Phi) is 2.95. The zero-order chi connectivity index (χ0) is 12.4. The van der Waals surface area contributed by atoms with Crippen molar-refractivity contribution in [3.8, 4) is 0 Å². The highest BCUT2D eigenvalue weighted by molar-refractivity contribution is 5.99. The Hall–Kier alpha value is -2.11. The van der Waals surface area contributed by atoms with Crippen molar-refractivity contribution >= 4 is 17.3 Å². The van der Waals surface area contributed by atoms with Crippen LogP contribution in [0.3, 0.4) is 0 Å². The molecule has 1 heterocycles. The van der Waals surface area contributed by atoms with Gasteiger partial charge in [0.25, 0.3) is 11.6 Å². The molecule has 2 rings (SSSR count). The van der Waals surface area contributed by atoms with E-state index in [1.807, 2.05) is 4.90 Å². The van der Waals surface area contributed by atoms with Crippen LogP contribution in [-0.4, -0.2) is 23.9 Å². The van der Waals surface area contributed by atoms with Gasteiger partial charge in [-0.1, -0.05) is 0 Å². The first kappa shape index (κ1) is 11.4. The fraction of sp³-hybridized carbons (Fsp3) is 0.364. The van der Waals surface area contributed by atoms with Crippen LogP contribution in [0.5, 0.6) is 0 Å². The zero-order valence-electron chi connectivity index (χ0n) is 9.26. The van der Waals surface area contributed by atoms with E-state index in [2.05, 4.69) is 0 Å². The van der Waals surface area contributed by atoms with Crippen LogP contribution in [-0.2, 0) is 0 Å². The van der Waals surface area contributed by atoms with Crippen LogP contribution in [0, 0.1) is 10.1 Å². The molecular formula is C11H13N3O3. The summed E-state index contributed by atoms with van der Waals surface area (Å²) in [6.45, 7) is 1.72. The predicted octanol–water partition coefficient (Wildman–Crippen LogP) is 1.29. The van der Waals surface area contributed by atoms with Crippen LogP contribution in [0.25, 0.3) is 0 Å². The second-order valence-corrected chi connectivity index (χ2v) is 4.02. The van der Waals surface area contributed by atoms with Gasteiger partial charge in [0.1, 0.15) is 0 Å². The Morgan fingerprint density at radius 3 is 2.53 bits per heavy atom. The van der Waals surface area contributed by atoms with Crippen LogP contribution in [0.2, 0.25) is 0 Å². The average molecular weight is 235 g/mol. The van der Waals surface area contributed by atoms with Gasteiger partial charge < -0.3 is 10.6 Å². The molecule has 1 aliphatic heterocycles. The number of anilines is 1. The highest BCUT2D eigenvalue weighted by Gasteiger charge is 2.20. The molecule has 6 heteroatoms. The Morgan fingerprint density at radius 1 is 1.35 bits per heavy atom. The first-order valence-corrected chi connectivity index (χ1v) is 5.43. The van der Waals surface area contributed by atoms with E-state index in [1.165, 1.54) is 12.1 Å². The van der Waals surface area contributed by atoms with Gasteiger partial charge in [-0.2, -0.15) is 0 Å². The molecule has 1 fully saturated rings. The van der Waals surface area contributed by atoms with E-state index < -0.39 is 10.8 Å². The largest absolute Gasteiger partial charge is 0.371 e. The van der Waals surface area contributed by atoms with Crippen LogP contribution >= 0.6 is 0 Å². The summed E-state index contributed by atoms with van der Waals surface area (Å²) < 4.78 is 0. The van der Waals surface area contributed by atoms with Crippen molar-refractivity contribution in [2.75, 3.05) is 18.0 Å². The number of rotatable bonds is 3. The lowest BCUT2D eigenvalue weighted by Gasteiger charge is -2.19. The Labute approximate surface area is 98.2 Å². The minimum absolute atomic E-state index is 0.109. The minimum atomic E-state index is -0.629. The van der Waals surface area contributed by atoms with Gasteiger partial charge in [0.15, 0.2) is 0 Å². The lowest BCUT2D eigenvalue weighted by Crippen LogP contribution is -2.23. The summed E-state index contributed by atoms with van der Waals surface area (Å²) in [6, 6.07) is 4.25. The molecule has 0 saturated carbocycles. The second-order valence-electron chi connectivity index (χ2n) is 4.02. The summed E-state index contributed by atoms with van der Waals surface area (Å²) in [4.78, 5) is 23.5. The second kappa shape index (κ2) is 4.40. The van der Waals surface area contributed by atoms with Crippen molar-refractivity contribution in [3.05, 3.63) is 33.9 Å². The number of hydrogen-bond acceptors (Lipinski definition) is 4. The van der Waals surface area contributed by atoms with Crippen LogP contribution < -0.4 is 10.6 Å². The van der Waals surface area contributed by atoms with Crippen molar-refractivity contribution in [1.29, 1.82) is 0 Å². The molecule has 1 amide bonds. The number of amides is 1. The lowest BCUT2D eigenvalue weighted by molar-refractivity contribution is -0.384. The van der Waals surface area contributed by atoms with Crippen LogP contribution in [0.4, 0.5) is 11.4 Å². The summed E-state index contributed by atoms with van der Waals surface area (Å²) in [6.07, 6.45) is 2.13. The highest BCUT2D eigenvalue weighted by atomic mass is 16.6. The molecule has 0 radical (unpaired) electrons. The van der Waals surface area contributed by atoms with E-state index in [9.17, 15) is 14.9 Å². The molecule has 0 aromatic heterocycles. The van der Waals surface area contributed by atoms with Crippen molar-refractivity contribution < 1.29 is 9.72 Å². The maximum absolute atomic E-state index is 11.3. The van der Waals surface area contributed by atoms with Gasteiger partial charge in [0, 0.05) is 25.2 Å². The van der Waals surface area contributed by atoms with E-state index in [0.29, 0.717) is 5.69 Å². The first-order chi connectivity index (χ1) is 8.09. The summed E-state index contributed by atoms with van der Waals surface area (Å²) in [5, 5.41) is 10.6. The normalized spacial score (nSPS) is 14.9. The van der Waals surface area contributed by atoms with Gasteiger partial charge in [-0.3, -0.25) is 14.9 Å².